The Morgan fingerprint density at radius 3 is 2.78 bits per heavy atom. The van der Waals surface area contributed by atoms with E-state index in [-0.39, 0.29) is 10.9 Å². The van der Waals surface area contributed by atoms with Gasteiger partial charge in [-0.2, -0.15) is 0 Å². The van der Waals surface area contributed by atoms with Crippen molar-refractivity contribution in [3.8, 4) is 0 Å². The summed E-state index contributed by atoms with van der Waals surface area (Å²) in [6.07, 6.45) is 0. The van der Waals surface area contributed by atoms with Gasteiger partial charge in [-0.15, -0.1) is 4.91 Å². The predicted molar refractivity (Wildman–Crippen MR) is 63.1 cm³/mol. The first-order valence-electron chi connectivity index (χ1n) is 4.90. The lowest BCUT2D eigenvalue weighted by Gasteiger charge is -2.02. The zero-order valence-electron chi connectivity index (χ0n) is 9.26. The Kier molecular flexibility index (Phi) is 2.76. The molecule has 0 saturated heterocycles. The molecule has 8 heteroatoms. The first kappa shape index (κ1) is 11.7. The van der Waals surface area contributed by atoms with E-state index in [0.717, 1.165) is 4.57 Å². The van der Waals surface area contributed by atoms with E-state index >= 15 is 0 Å². The second-order valence-corrected chi connectivity index (χ2v) is 3.59. The summed E-state index contributed by atoms with van der Waals surface area (Å²) in [4.78, 5) is 46.9. The van der Waals surface area contributed by atoms with Crippen molar-refractivity contribution in [2.75, 3.05) is 0 Å². The quantitative estimate of drug-likeness (QED) is 0.557. The summed E-state index contributed by atoms with van der Waals surface area (Å²) >= 11 is 0. The number of amides is 1. The molecule has 0 spiro atoms. The third kappa shape index (κ3) is 1.79. The highest BCUT2D eigenvalue weighted by molar-refractivity contribution is 5.97. The number of aromatic nitrogens is 2. The standard InChI is InChI=1S/C10H8N4O4/c1-14-9(16)6-4-5(8(15)12-13-18)2-3-7(6)11-10(14)17/h2-4H,1H3,(H,11,17)(H,12,15,18). The number of nitroso groups, excluding NO2 is 1. The number of fused-ring (bicyclic) bond motifs is 1. The van der Waals surface area contributed by atoms with Crippen molar-refractivity contribution >= 4 is 16.8 Å². The van der Waals surface area contributed by atoms with Gasteiger partial charge < -0.3 is 4.98 Å². The smallest absolute Gasteiger partial charge is 0.307 e. The van der Waals surface area contributed by atoms with Gasteiger partial charge in [0, 0.05) is 12.6 Å². The largest absolute Gasteiger partial charge is 0.328 e. The van der Waals surface area contributed by atoms with E-state index < -0.39 is 17.2 Å². The van der Waals surface area contributed by atoms with Crippen molar-refractivity contribution in [1.82, 2.24) is 15.0 Å². The number of nitrogens with zero attached hydrogens (tertiary/aromatic N) is 2. The minimum atomic E-state index is -0.722. The van der Waals surface area contributed by atoms with E-state index in [9.17, 15) is 19.3 Å². The maximum atomic E-state index is 11.8. The minimum Gasteiger partial charge on any atom is -0.307 e. The van der Waals surface area contributed by atoms with Crippen molar-refractivity contribution in [3.63, 3.8) is 0 Å². The van der Waals surface area contributed by atoms with Gasteiger partial charge in [-0.3, -0.25) is 14.2 Å². The number of hydrogen-bond donors (Lipinski definition) is 2. The monoisotopic (exact) mass is 248 g/mol. The molecule has 2 aromatic rings. The fourth-order valence-corrected chi connectivity index (χ4v) is 1.55. The fourth-order valence-electron chi connectivity index (χ4n) is 1.55. The molecule has 0 aliphatic rings. The molecule has 1 heterocycles. The first-order valence-corrected chi connectivity index (χ1v) is 4.90. The molecule has 0 unspecified atom stereocenters. The second-order valence-electron chi connectivity index (χ2n) is 3.59. The van der Waals surface area contributed by atoms with Gasteiger partial charge in [-0.25, -0.2) is 10.2 Å². The highest BCUT2D eigenvalue weighted by Crippen LogP contribution is 2.08. The molecule has 0 aliphatic heterocycles. The zero-order valence-corrected chi connectivity index (χ0v) is 9.26. The lowest BCUT2D eigenvalue weighted by Crippen LogP contribution is -2.32. The molecule has 8 nitrogen and oxygen atoms in total. The average molecular weight is 248 g/mol. The molecule has 92 valence electrons. The number of hydrogen-bond acceptors (Lipinski definition) is 5. The highest BCUT2D eigenvalue weighted by Gasteiger charge is 2.09. The number of carbonyl (C=O) groups excluding carboxylic acids is 1. The summed E-state index contributed by atoms with van der Waals surface area (Å²) in [5.41, 5.74) is 1.08. The van der Waals surface area contributed by atoms with Crippen LogP contribution in [-0.4, -0.2) is 15.5 Å². The molecule has 0 atom stereocenters. The summed E-state index contributed by atoms with van der Waals surface area (Å²) in [5, 5.41) is 2.43. The van der Waals surface area contributed by atoms with Gasteiger partial charge in [0.2, 0.25) is 0 Å². The number of aromatic amines is 1. The van der Waals surface area contributed by atoms with Crippen LogP contribution >= 0.6 is 0 Å². The summed E-state index contributed by atoms with van der Waals surface area (Å²) in [7, 11) is 1.32. The number of rotatable bonds is 2. The molecule has 2 N–H and O–H groups in total. The Balaban J connectivity index is 2.72. The molecule has 0 fully saturated rings. The van der Waals surface area contributed by atoms with Gasteiger partial charge in [0.25, 0.3) is 11.5 Å². The van der Waals surface area contributed by atoms with Crippen LogP contribution in [-0.2, 0) is 7.05 Å². The molecule has 0 radical (unpaired) electrons. The van der Waals surface area contributed by atoms with E-state index in [1.165, 1.54) is 25.2 Å². The van der Waals surface area contributed by atoms with E-state index in [1.54, 1.807) is 5.43 Å². The predicted octanol–water partition coefficient (Wildman–Crippen LogP) is -0.362. The number of H-pyrrole nitrogens is 1. The SMILES string of the molecule is Cn1c(=O)[nH]c2ccc(C(=O)NN=O)cc2c1=O. The topological polar surface area (TPSA) is 113 Å². The van der Waals surface area contributed by atoms with E-state index in [0.29, 0.717) is 5.52 Å². The molecular weight excluding hydrogens is 240 g/mol. The average Bonchev–Trinajstić information content (AvgIpc) is 2.36. The van der Waals surface area contributed by atoms with Crippen LogP contribution < -0.4 is 16.7 Å². The Labute approximate surface area is 99.2 Å². The Morgan fingerprint density at radius 2 is 2.11 bits per heavy atom. The van der Waals surface area contributed by atoms with Gasteiger partial charge in [-0.05, 0) is 18.2 Å². The molecule has 1 amide bonds. The molecule has 0 aliphatic carbocycles. The van der Waals surface area contributed by atoms with Crippen LogP contribution in [0.15, 0.2) is 33.1 Å². The third-order valence-electron chi connectivity index (χ3n) is 2.51. The summed E-state index contributed by atoms with van der Waals surface area (Å²) in [6, 6.07) is 4.07. The minimum absolute atomic E-state index is 0.103. The van der Waals surface area contributed by atoms with Gasteiger partial charge in [0.05, 0.1) is 16.2 Å². The van der Waals surface area contributed by atoms with Crippen molar-refractivity contribution in [2.24, 2.45) is 12.3 Å². The third-order valence-corrected chi connectivity index (χ3v) is 2.51. The van der Waals surface area contributed by atoms with Crippen LogP contribution in [0.1, 0.15) is 10.4 Å². The highest BCUT2D eigenvalue weighted by atomic mass is 16.3. The summed E-state index contributed by atoms with van der Waals surface area (Å²) in [6.45, 7) is 0. The van der Waals surface area contributed by atoms with Gasteiger partial charge in [0.1, 0.15) is 0 Å². The Hall–Kier alpha value is -2.77. The van der Waals surface area contributed by atoms with Gasteiger partial charge in [-0.1, -0.05) is 0 Å². The van der Waals surface area contributed by atoms with Crippen molar-refractivity contribution in [3.05, 3.63) is 49.5 Å². The Bertz CT molecular complexity index is 759. The van der Waals surface area contributed by atoms with Crippen molar-refractivity contribution in [1.29, 1.82) is 0 Å². The molecular formula is C10H8N4O4. The summed E-state index contributed by atoms with van der Waals surface area (Å²) in [5.74, 6) is -0.722. The first-order chi connectivity index (χ1) is 8.54. The zero-order chi connectivity index (χ0) is 13.3. The molecule has 18 heavy (non-hydrogen) atoms. The molecule has 2 rings (SSSR count). The molecule has 1 aromatic heterocycles. The van der Waals surface area contributed by atoms with Gasteiger partial charge in [0.15, 0.2) is 0 Å². The normalized spacial score (nSPS) is 10.3. The summed E-state index contributed by atoms with van der Waals surface area (Å²) < 4.78 is 0.891. The van der Waals surface area contributed by atoms with Crippen LogP contribution in [0.25, 0.3) is 10.9 Å². The van der Waals surface area contributed by atoms with Crippen LogP contribution in [0, 0.1) is 4.91 Å². The Morgan fingerprint density at radius 1 is 1.39 bits per heavy atom. The van der Waals surface area contributed by atoms with E-state index in [1.807, 2.05) is 0 Å². The lowest BCUT2D eigenvalue weighted by atomic mass is 10.1. The number of benzene rings is 1. The van der Waals surface area contributed by atoms with Crippen LogP contribution in [0.5, 0.6) is 0 Å². The van der Waals surface area contributed by atoms with Gasteiger partial charge >= 0.3 is 5.69 Å². The van der Waals surface area contributed by atoms with Crippen LogP contribution in [0.3, 0.4) is 0 Å². The fraction of sp³-hybridized carbons (Fsp3) is 0.100. The number of carbonyl (C=O) groups is 1. The molecule has 1 aromatic carbocycles. The maximum absolute atomic E-state index is 11.8. The lowest BCUT2D eigenvalue weighted by molar-refractivity contribution is 0.0954. The number of nitrogens with one attached hydrogen (secondary N) is 2. The second kappa shape index (κ2) is 4.24. The van der Waals surface area contributed by atoms with Crippen LogP contribution in [0.4, 0.5) is 0 Å². The van der Waals surface area contributed by atoms with Crippen molar-refractivity contribution in [2.45, 2.75) is 0 Å². The van der Waals surface area contributed by atoms with Crippen molar-refractivity contribution < 1.29 is 4.79 Å². The molecule has 0 bridgehead atoms. The maximum Gasteiger partial charge on any atom is 0.328 e. The van der Waals surface area contributed by atoms with E-state index in [4.69, 9.17) is 0 Å². The van der Waals surface area contributed by atoms with Crippen LogP contribution in [0.2, 0.25) is 0 Å². The van der Waals surface area contributed by atoms with E-state index in [2.05, 4.69) is 10.3 Å². The molecule has 0 saturated carbocycles.